The van der Waals surface area contributed by atoms with E-state index in [9.17, 15) is 13.6 Å². The summed E-state index contributed by atoms with van der Waals surface area (Å²) in [6, 6.07) is 3.48. The summed E-state index contributed by atoms with van der Waals surface area (Å²) in [7, 11) is 0. The molecule has 1 amide bonds. The second kappa shape index (κ2) is 4.34. The summed E-state index contributed by atoms with van der Waals surface area (Å²) in [5.74, 6) is -2.18. The molecule has 1 aromatic rings. The Kier molecular flexibility index (Phi) is 3.03. The van der Waals surface area contributed by atoms with Gasteiger partial charge >= 0.3 is 0 Å². The first kappa shape index (κ1) is 11.9. The van der Waals surface area contributed by atoms with Crippen LogP contribution in [0.4, 0.5) is 14.5 Å². The molecule has 2 rings (SSSR count). The van der Waals surface area contributed by atoms with Gasteiger partial charge in [-0.1, -0.05) is 0 Å². The van der Waals surface area contributed by atoms with Gasteiger partial charge in [0, 0.05) is 18.2 Å². The number of anilines is 1. The van der Waals surface area contributed by atoms with Gasteiger partial charge in [0.2, 0.25) is 5.91 Å². The van der Waals surface area contributed by atoms with Gasteiger partial charge in [-0.05, 0) is 12.1 Å². The normalized spacial score (nSPS) is 19.5. The maximum absolute atomic E-state index is 13.6. The van der Waals surface area contributed by atoms with Crippen LogP contribution in [-0.4, -0.2) is 17.7 Å². The monoisotopic (exact) mass is 254 g/mol. The van der Waals surface area contributed by atoms with Crippen molar-refractivity contribution in [3.63, 3.8) is 0 Å². The number of rotatable bonds is 1. The van der Waals surface area contributed by atoms with Gasteiger partial charge in [-0.25, -0.2) is 8.78 Å². The van der Waals surface area contributed by atoms with E-state index >= 15 is 0 Å². The van der Waals surface area contributed by atoms with Crippen molar-refractivity contribution in [3.8, 4) is 6.07 Å². The Morgan fingerprint density at radius 3 is 2.41 bits per heavy atom. The van der Waals surface area contributed by atoms with E-state index in [-0.39, 0.29) is 29.7 Å². The van der Waals surface area contributed by atoms with E-state index in [1.807, 2.05) is 0 Å². The summed E-state index contributed by atoms with van der Waals surface area (Å²) in [5.41, 5.74) is -0.511. The maximum atomic E-state index is 13.6. The van der Waals surface area contributed by atoms with Gasteiger partial charge in [-0.3, -0.25) is 4.79 Å². The number of amides is 1. The number of thiol groups is 1. The lowest BCUT2D eigenvalue weighted by Crippen LogP contribution is -2.26. The standard InChI is InChI=1S/C11H8F2N2OS/c12-8-1-6(4-14)2-9(13)11(8)15-5-7(17)3-10(15)16/h1-2,7,17H,3,5H2. The lowest BCUT2D eigenvalue weighted by Gasteiger charge is -2.17. The van der Waals surface area contributed by atoms with Crippen LogP contribution in [0.3, 0.4) is 0 Å². The van der Waals surface area contributed by atoms with Crippen LogP contribution in [0.2, 0.25) is 0 Å². The second-order valence-electron chi connectivity index (χ2n) is 3.76. The molecule has 1 unspecified atom stereocenters. The number of carbonyl (C=O) groups excluding carboxylic acids is 1. The molecular formula is C11H8F2N2OS. The fourth-order valence-corrected chi connectivity index (χ4v) is 2.11. The Labute approximate surface area is 102 Å². The van der Waals surface area contributed by atoms with E-state index in [1.165, 1.54) is 0 Å². The minimum atomic E-state index is -0.905. The fourth-order valence-electron chi connectivity index (χ4n) is 1.79. The zero-order valence-corrected chi connectivity index (χ0v) is 9.55. The summed E-state index contributed by atoms with van der Waals surface area (Å²) < 4.78 is 27.3. The molecule has 1 saturated heterocycles. The van der Waals surface area contributed by atoms with Crippen LogP contribution < -0.4 is 4.90 Å². The minimum Gasteiger partial charge on any atom is -0.306 e. The fraction of sp³-hybridized carbons (Fsp3) is 0.273. The molecule has 0 saturated carbocycles. The Balaban J connectivity index is 2.47. The molecule has 0 bridgehead atoms. The van der Waals surface area contributed by atoms with Crippen LogP contribution in [-0.2, 0) is 4.79 Å². The Morgan fingerprint density at radius 2 is 2.00 bits per heavy atom. The predicted molar refractivity (Wildman–Crippen MR) is 60.8 cm³/mol. The van der Waals surface area contributed by atoms with Crippen molar-refractivity contribution in [2.45, 2.75) is 11.7 Å². The summed E-state index contributed by atoms with van der Waals surface area (Å²) in [4.78, 5) is 12.6. The highest BCUT2D eigenvalue weighted by atomic mass is 32.1. The number of nitriles is 1. The van der Waals surface area contributed by atoms with Crippen molar-refractivity contribution in [1.29, 1.82) is 5.26 Å². The molecule has 88 valence electrons. The summed E-state index contributed by atoms with van der Waals surface area (Å²) in [6.45, 7) is 0.168. The van der Waals surface area contributed by atoms with Crippen LogP contribution in [0.5, 0.6) is 0 Å². The molecule has 0 N–H and O–H groups in total. The number of carbonyl (C=O) groups is 1. The van der Waals surface area contributed by atoms with Crippen molar-refractivity contribution in [2.75, 3.05) is 11.4 Å². The van der Waals surface area contributed by atoms with Crippen LogP contribution in [0.25, 0.3) is 0 Å². The van der Waals surface area contributed by atoms with Gasteiger partial charge < -0.3 is 4.90 Å². The lowest BCUT2D eigenvalue weighted by molar-refractivity contribution is -0.117. The number of halogens is 2. The van der Waals surface area contributed by atoms with E-state index in [0.29, 0.717) is 0 Å². The van der Waals surface area contributed by atoms with E-state index < -0.39 is 17.3 Å². The molecule has 1 aliphatic rings. The first-order valence-corrected chi connectivity index (χ1v) is 5.42. The van der Waals surface area contributed by atoms with Gasteiger partial charge in [-0.15, -0.1) is 0 Å². The number of hydrogen-bond acceptors (Lipinski definition) is 3. The zero-order chi connectivity index (χ0) is 12.6. The predicted octanol–water partition coefficient (Wildman–Crippen LogP) is 1.87. The molecule has 0 aliphatic carbocycles. The van der Waals surface area contributed by atoms with Gasteiger partial charge in [-0.2, -0.15) is 17.9 Å². The quantitative estimate of drug-likeness (QED) is 0.777. The molecule has 6 heteroatoms. The minimum absolute atomic E-state index is 0.113. The average molecular weight is 254 g/mol. The molecule has 0 radical (unpaired) electrons. The van der Waals surface area contributed by atoms with Crippen molar-refractivity contribution in [1.82, 2.24) is 0 Å². The molecule has 17 heavy (non-hydrogen) atoms. The molecule has 0 aromatic heterocycles. The summed E-state index contributed by atoms with van der Waals surface area (Å²) in [6.07, 6.45) is 0.155. The SMILES string of the molecule is N#Cc1cc(F)c(N2CC(S)CC2=O)c(F)c1. The van der Waals surface area contributed by atoms with Crippen LogP contribution >= 0.6 is 12.6 Å². The largest absolute Gasteiger partial charge is 0.306 e. The molecule has 1 heterocycles. The van der Waals surface area contributed by atoms with Gasteiger partial charge in [0.05, 0.1) is 11.6 Å². The number of benzene rings is 1. The maximum Gasteiger partial charge on any atom is 0.228 e. The molecular weight excluding hydrogens is 246 g/mol. The van der Waals surface area contributed by atoms with E-state index in [1.54, 1.807) is 6.07 Å². The molecule has 1 aliphatic heterocycles. The van der Waals surface area contributed by atoms with Gasteiger partial charge in [0.25, 0.3) is 0 Å². The van der Waals surface area contributed by atoms with Crippen molar-refractivity contribution >= 4 is 24.2 Å². The molecule has 1 atom stereocenters. The first-order chi connectivity index (χ1) is 8.02. The van der Waals surface area contributed by atoms with Gasteiger partial charge in [0.1, 0.15) is 5.69 Å². The average Bonchev–Trinajstić information content (AvgIpc) is 2.57. The van der Waals surface area contributed by atoms with Crippen molar-refractivity contribution < 1.29 is 13.6 Å². The highest BCUT2D eigenvalue weighted by molar-refractivity contribution is 7.81. The third-order valence-corrected chi connectivity index (χ3v) is 2.87. The third-order valence-electron chi connectivity index (χ3n) is 2.52. The van der Waals surface area contributed by atoms with E-state index in [2.05, 4.69) is 12.6 Å². The topological polar surface area (TPSA) is 44.1 Å². The summed E-state index contributed by atoms with van der Waals surface area (Å²) in [5, 5.41) is 8.34. The third kappa shape index (κ3) is 2.11. The highest BCUT2D eigenvalue weighted by Gasteiger charge is 2.32. The zero-order valence-electron chi connectivity index (χ0n) is 8.65. The smallest absolute Gasteiger partial charge is 0.228 e. The number of hydrogen-bond donors (Lipinski definition) is 1. The molecule has 0 spiro atoms. The molecule has 1 fully saturated rings. The van der Waals surface area contributed by atoms with Crippen molar-refractivity contribution in [3.05, 3.63) is 29.3 Å². The summed E-state index contributed by atoms with van der Waals surface area (Å²) >= 11 is 4.11. The molecule has 3 nitrogen and oxygen atoms in total. The van der Waals surface area contributed by atoms with E-state index in [4.69, 9.17) is 5.26 Å². The first-order valence-electron chi connectivity index (χ1n) is 4.90. The second-order valence-corrected chi connectivity index (χ2v) is 4.49. The van der Waals surface area contributed by atoms with Crippen LogP contribution in [0.15, 0.2) is 12.1 Å². The van der Waals surface area contributed by atoms with Crippen molar-refractivity contribution in [2.24, 2.45) is 0 Å². The Hall–Kier alpha value is -1.61. The van der Waals surface area contributed by atoms with Crippen LogP contribution in [0.1, 0.15) is 12.0 Å². The van der Waals surface area contributed by atoms with Gasteiger partial charge in [0.15, 0.2) is 11.6 Å². The van der Waals surface area contributed by atoms with Crippen LogP contribution in [0, 0.1) is 23.0 Å². The Bertz CT molecular complexity index is 504. The van der Waals surface area contributed by atoms with E-state index in [0.717, 1.165) is 17.0 Å². The lowest BCUT2D eigenvalue weighted by atomic mass is 10.2. The Morgan fingerprint density at radius 1 is 1.41 bits per heavy atom. The number of nitrogens with zero attached hydrogens (tertiary/aromatic N) is 2. The molecule has 1 aromatic carbocycles. The highest BCUT2D eigenvalue weighted by Crippen LogP contribution is 2.29.